The van der Waals surface area contributed by atoms with E-state index in [-0.39, 0.29) is 0 Å². The van der Waals surface area contributed by atoms with Crippen molar-refractivity contribution >= 4 is 5.69 Å². The Morgan fingerprint density at radius 3 is 3.00 bits per heavy atom. The number of benzene rings is 1. The Hall–Kier alpha value is -1.05. The van der Waals surface area contributed by atoms with Crippen LogP contribution in [0, 0.1) is 0 Å². The molecule has 1 aliphatic rings. The van der Waals surface area contributed by atoms with Crippen molar-refractivity contribution in [2.24, 2.45) is 0 Å². The van der Waals surface area contributed by atoms with Crippen LogP contribution in [0.2, 0.25) is 0 Å². The Morgan fingerprint density at radius 2 is 2.25 bits per heavy atom. The van der Waals surface area contributed by atoms with Crippen LogP contribution in [0.3, 0.4) is 0 Å². The van der Waals surface area contributed by atoms with Crippen LogP contribution in [0.5, 0.6) is 0 Å². The lowest BCUT2D eigenvalue weighted by atomic mass is 9.89. The minimum atomic E-state index is -0.794. The fourth-order valence-electron chi connectivity index (χ4n) is 1.82. The SMILES string of the molecule is Nc1cccc2c1CCCC2F. The normalized spacial score (nSPS) is 21.9. The van der Waals surface area contributed by atoms with Crippen molar-refractivity contribution in [3.63, 3.8) is 0 Å². The van der Waals surface area contributed by atoms with E-state index in [4.69, 9.17) is 5.73 Å². The van der Waals surface area contributed by atoms with E-state index in [1.165, 1.54) is 0 Å². The molecule has 0 saturated heterocycles. The predicted molar refractivity (Wildman–Crippen MR) is 47.6 cm³/mol. The maximum Gasteiger partial charge on any atom is 0.125 e. The average molecular weight is 165 g/mol. The molecule has 0 amide bonds. The molecule has 1 atom stereocenters. The fourth-order valence-corrected chi connectivity index (χ4v) is 1.82. The third-order valence-electron chi connectivity index (χ3n) is 2.47. The van der Waals surface area contributed by atoms with E-state index in [1.807, 2.05) is 18.2 Å². The predicted octanol–water partition coefficient (Wildman–Crippen LogP) is 2.62. The summed E-state index contributed by atoms with van der Waals surface area (Å²) in [6, 6.07) is 5.51. The summed E-state index contributed by atoms with van der Waals surface area (Å²) < 4.78 is 13.3. The summed E-state index contributed by atoms with van der Waals surface area (Å²) in [4.78, 5) is 0. The molecule has 0 aromatic heterocycles. The number of hydrogen-bond donors (Lipinski definition) is 1. The molecule has 2 heteroatoms. The zero-order chi connectivity index (χ0) is 8.55. The smallest absolute Gasteiger partial charge is 0.125 e. The van der Waals surface area contributed by atoms with Crippen LogP contribution in [-0.4, -0.2) is 0 Å². The van der Waals surface area contributed by atoms with Crippen LogP contribution in [0.15, 0.2) is 18.2 Å². The summed E-state index contributed by atoms with van der Waals surface area (Å²) in [5, 5.41) is 0. The van der Waals surface area contributed by atoms with Crippen LogP contribution in [0.4, 0.5) is 10.1 Å². The lowest BCUT2D eigenvalue weighted by Crippen LogP contribution is -2.08. The first kappa shape index (κ1) is 7.59. The Labute approximate surface area is 71.4 Å². The molecule has 0 aliphatic heterocycles. The first-order valence-corrected chi connectivity index (χ1v) is 4.30. The highest BCUT2D eigenvalue weighted by molar-refractivity contribution is 5.52. The highest BCUT2D eigenvalue weighted by atomic mass is 19.1. The molecule has 1 nitrogen and oxygen atoms in total. The van der Waals surface area contributed by atoms with Gasteiger partial charge in [0.15, 0.2) is 0 Å². The lowest BCUT2D eigenvalue weighted by Gasteiger charge is -2.20. The number of halogens is 1. The van der Waals surface area contributed by atoms with Crippen molar-refractivity contribution in [1.82, 2.24) is 0 Å². The summed E-state index contributed by atoms with van der Waals surface area (Å²) in [6.07, 6.45) is 1.71. The van der Waals surface area contributed by atoms with Gasteiger partial charge in [0.1, 0.15) is 6.17 Å². The standard InChI is InChI=1S/C10H12FN/c11-9-5-1-4-8-7(9)3-2-6-10(8)12/h2-3,6,9H,1,4-5,12H2. The second kappa shape index (κ2) is 2.77. The molecule has 0 saturated carbocycles. The molecule has 64 valence electrons. The summed E-state index contributed by atoms with van der Waals surface area (Å²) in [5.41, 5.74) is 8.31. The molecular weight excluding hydrogens is 153 g/mol. The summed E-state index contributed by atoms with van der Waals surface area (Å²) in [6.45, 7) is 0. The highest BCUT2D eigenvalue weighted by Gasteiger charge is 2.20. The molecule has 0 fully saturated rings. The summed E-state index contributed by atoms with van der Waals surface area (Å²) in [7, 11) is 0. The minimum Gasteiger partial charge on any atom is -0.398 e. The number of alkyl halides is 1. The van der Waals surface area contributed by atoms with E-state index in [0.717, 1.165) is 29.7 Å². The Bertz CT molecular complexity index is 296. The average Bonchev–Trinajstić information content (AvgIpc) is 2.07. The number of hydrogen-bond acceptors (Lipinski definition) is 1. The largest absolute Gasteiger partial charge is 0.398 e. The molecular formula is C10H12FN. The summed E-state index contributed by atoms with van der Waals surface area (Å²) in [5.74, 6) is 0. The van der Waals surface area contributed by atoms with E-state index >= 15 is 0 Å². The van der Waals surface area contributed by atoms with E-state index in [0.29, 0.717) is 6.42 Å². The summed E-state index contributed by atoms with van der Waals surface area (Å²) >= 11 is 0. The zero-order valence-electron chi connectivity index (χ0n) is 6.89. The maximum absolute atomic E-state index is 13.3. The van der Waals surface area contributed by atoms with Crippen LogP contribution in [-0.2, 0) is 6.42 Å². The number of nitrogens with two attached hydrogens (primary N) is 1. The third-order valence-corrected chi connectivity index (χ3v) is 2.47. The number of fused-ring (bicyclic) bond motifs is 1. The van der Waals surface area contributed by atoms with E-state index < -0.39 is 6.17 Å². The second-order valence-electron chi connectivity index (χ2n) is 3.27. The molecule has 1 aromatic carbocycles. The van der Waals surface area contributed by atoms with Crippen molar-refractivity contribution in [1.29, 1.82) is 0 Å². The molecule has 0 heterocycles. The molecule has 0 radical (unpaired) electrons. The van der Waals surface area contributed by atoms with Crippen molar-refractivity contribution < 1.29 is 4.39 Å². The van der Waals surface area contributed by atoms with E-state index in [1.54, 1.807) is 0 Å². The van der Waals surface area contributed by atoms with Gasteiger partial charge in [-0.15, -0.1) is 0 Å². The second-order valence-corrected chi connectivity index (χ2v) is 3.27. The van der Waals surface area contributed by atoms with Gasteiger partial charge in [0, 0.05) is 5.69 Å². The lowest BCUT2D eigenvalue weighted by molar-refractivity contribution is 0.303. The quantitative estimate of drug-likeness (QED) is 0.587. The van der Waals surface area contributed by atoms with Crippen molar-refractivity contribution in [2.45, 2.75) is 25.4 Å². The maximum atomic E-state index is 13.3. The van der Waals surface area contributed by atoms with Gasteiger partial charge in [-0.1, -0.05) is 12.1 Å². The van der Waals surface area contributed by atoms with Gasteiger partial charge in [-0.3, -0.25) is 0 Å². The first-order chi connectivity index (χ1) is 5.79. The molecule has 0 bridgehead atoms. The Morgan fingerprint density at radius 1 is 1.42 bits per heavy atom. The Kier molecular flexibility index (Phi) is 1.75. The van der Waals surface area contributed by atoms with Gasteiger partial charge in [0.05, 0.1) is 0 Å². The number of nitrogen functional groups attached to an aromatic ring is 1. The molecule has 2 N–H and O–H groups in total. The first-order valence-electron chi connectivity index (χ1n) is 4.30. The third kappa shape index (κ3) is 1.07. The van der Waals surface area contributed by atoms with Crippen LogP contribution in [0.25, 0.3) is 0 Å². The molecule has 12 heavy (non-hydrogen) atoms. The van der Waals surface area contributed by atoms with Gasteiger partial charge < -0.3 is 5.73 Å². The van der Waals surface area contributed by atoms with Gasteiger partial charge in [0.25, 0.3) is 0 Å². The fraction of sp³-hybridized carbons (Fsp3) is 0.400. The van der Waals surface area contributed by atoms with Gasteiger partial charge >= 0.3 is 0 Å². The molecule has 0 spiro atoms. The minimum absolute atomic E-state index is 0.649. The molecule has 2 rings (SSSR count). The van der Waals surface area contributed by atoms with Crippen molar-refractivity contribution in [3.05, 3.63) is 29.3 Å². The topological polar surface area (TPSA) is 26.0 Å². The van der Waals surface area contributed by atoms with Gasteiger partial charge in [-0.25, -0.2) is 4.39 Å². The van der Waals surface area contributed by atoms with Gasteiger partial charge in [0.2, 0.25) is 0 Å². The van der Waals surface area contributed by atoms with E-state index in [9.17, 15) is 4.39 Å². The van der Waals surface area contributed by atoms with Crippen molar-refractivity contribution in [3.8, 4) is 0 Å². The van der Waals surface area contributed by atoms with Crippen LogP contribution >= 0.6 is 0 Å². The zero-order valence-corrected chi connectivity index (χ0v) is 6.89. The molecule has 1 unspecified atom stereocenters. The van der Waals surface area contributed by atoms with E-state index in [2.05, 4.69) is 0 Å². The monoisotopic (exact) mass is 165 g/mol. The Balaban J connectivity index is 2.52. The highest BCUT2D eigenvalue weighted by Crippen LogP contribution is 2.34. The van der Waals surface area contributed by atoms with Crippen LogP contribution < -0.4 is 5.73 Å². The van der Waals surface area contributed by atoms with Gasteiger partial charge in [-0.2, -0.15) is 0 Å². The molecule has 1 aliphatic carbocycles. The molecule has 1 aromatic rings. The number of anilines is 1. The number of rotatable bonds is 0. The van der Waals surface area contributed by atoms with Gasteiger partial charge in [-0.05, 0) is 36.5 Å². The van der Waals surface area contributed by atoms with Crippen LogP contribution in [0.1, 0.15) is 30.1 Å². The van der Waals surface area contributed by atoms with Crippen molar-refractivity contribution in [2.75, 3.05) is 5.73 Å².